The Labute approximate surface area is 119 Å². The van der Waals surface area contributed by atoms with E-state index in [-0.39, 0.29) is 5.56 Å². The van der Waals surface area contributed by atoms with Crippen LogP contribution in [0.2, 0.25) is 0 Å². The summed E-state index contributed by atoms with van der Waals surface area (Å²) in [5.41, 5.74) is 0.394. The first kappa shape index (κ1) is 13.9. The van der Waals surface area contributed by atoms with Crippen LogP contribution in [0.5, 0.6) is 5.75 Å². The van der Waals surface area contributed by atoms with Gasteiger partial charge in [-0.15, -0.1) is 0 Å². The second-order valence-electron chi connectivity index (χ2n) is 5.04. The molecule has 1 aliphatic rings. The molecule has 3 rings (SSSR count). The Morgan fingerprint density at radius 3 is 2.57 bits per heavy atom. The molecule has 2 aromatic rings. The van der Waals surface area contributed by atoms with Gasteiger partial charge in [-0.05, 0) is 29.3 Å². The van der Waals surface area contributed by atoms with Crippen LogP contribution in [0, 0.1) is 0 Å². The minimum absolute atomic E-state index is 0.211. The Balaban J connectivity index is 1.83. The number of benzene rings is 2. The summed E-state index contributed by atoms with van der Waals surface area (Å²) in [4.78, 5) is 0. The van der Waals surface area contributed by atoms with Gasteiger partial charge < -0.3 is 9.84 Å². The van der Waals surface area contributed by atoms with E-state index >= 15 is 0 Å². The number of rotatable bonds is 2. The van der Waals surface area contributed by atoms with Crippen molar-refractivity contribution in [2.45, 2.75) is 24.8 Å². The lowest BCUT2D eigenvalue weighted by Crippen LogP contribution is -2.23. The van der Waals surface area contributed by atoms with Gasteiger partial charge in [0.25, 0.3) is 0 Å². The van der Waals surface area contributed by atoms with Gasteiger partial charge in [-0.1, -0.05) is 30.3 Å². The number of aliphatic hydroxyl groups is 1. The minimum atomic E-state index is -4.42. The molecule has 0 bridgehead atoms. The standard InChI is InChI=1S/C16H13F3O2/c17-16(18,19)12-6-3-5-11(8-12)15(20)14-9-10-4-1-2-7-13(10)21-14/h1-8,14-15,20H,9H2. The van der Waals surface area contributed by atoms with Crippen LogP contribution < -0.4 is 4.74 Å². The second kappa shape index (κ2) is 5.07. The van der Waals surface area contributed by atoms with Gasteiger partial charge >= 0.3 is 6.18 Å². The average Bonchev–Trinajstić information content (AvgIpc) is 2.89. The van der Waals surface area contributed by atoms with Gasteiger partial charge in [0.1, 0.15) is 18.0 Å². The van der Waals surface area contributed by atoms with E-state index in [9.17, 15) is 18.3 Å². The highest BCUT2D eigenvalue weighted by molar-refractivity contribution is 5.38. The van der Waals surface area contributed by atoms with Crippen molar-refractivity contribution < 1.29 is 23.0 Å². The van der Waals surface area contributed by atoms with Crippen LogP contribution in [0.1, 0.15) is 22.8 Å². The van der Waals surface area contributed by atoms with Crippen LogP contribution in [0.15, 0.2) is 48.5 Å². The monoisotopic (exact) mass is 294 g/mol. The van der Waals surface area contributed by atoms with Gasteiger partial charge in [0, 0.05) is 6.42 Å². The molecule has 2 nitrogen and oxygen atoms in total. The molecule has 0 saturated heterocycles. The van der Waals surface area contributed by atoms with Crippen molar-refractivity contribution in [3.63, 3.8) is 0 Å². The largest absolute Gasteiger partial charge is 0.487 e. The SMILES string of the molecule is OC(c1cccc(C(F)(F)F)c1)C1Cc2ccccc2O1. The van der Waals surface area contributed by atoms with Crippen LogP contribution in [-0.2, 0) is 12.6 Å². The summed E-state index contributed by atoms with van der Waals surface area (Å²) in [5, 5.41) is 10.3. The number of hydrogen-bond acceptors (Lipinski definition) is 2. The highest BCUT2D eigenvalue weighted by Gasteiger charge is 2.33. The molecule has 0 aliphatic carbocycles. The topological polar surface area (TPSA) is 29.5 Å². The van der Waals surface area contributed by atoms with E-state index in [1.165, 1.54) is 12.1 Å². The summed E-state index contributed by atoms with van der Waals surface area (Å²) in [5.74, 6) is 0.675. The van der Waals surface area contributed by atoms with Crippen molar-refractivity contribution in [1.82, 2.24) is 0 Å². The first-order valence-corrected chi connectivity index (χ1v) is 6.55. The number of fused-ring (bicyclic) bond motifs is 1. The third kappa shape index (κ3) is 2.74. The van der Waals surface area contributed by atoms with E-state index in [0.29, 0.717) is 12.2 Å². The van der Waals surface area contributed by atoms with Gasteiger partial charge in [0.2, 0.25) is 0 Å². The van der Waals surface area contributed by atoms with E-state index in [4.69, 9.17) is 4.74 Å². The highest BCUT2D eigenvalue weighted by Crippen LogP contribution is 2.36. The maximum atomic E-state index is 12.7. The summed E-state index contributed by atoms with van der Waals surface area (Å²) < 4.78 is 43.7. The van der Waals surface area contributed by atoms with Crippen molar-refractivity contribution in [1.29, 1.82) is 0 Å². The maximum absolute atomic E-state index is 12.7. The van der Waals surface area contributed by atoms with E-state index < -0.39 is 23.9 Å². The summed E-state index contributed by atoms with van der Waals surface area (Å²) >= 11 is 0. The van der Waals surface area contributed by atoms with Gasteiger partial charge in [-0.3, -0.25) is 0 Å². The molecule has 0 radical (unpaired) electrons. The van der Waals surface area contributed by atoms with Crippen molar-refractivity contribution in [3.8, 4) is 5.75 Å². The molecular formula is C16H13F3O2. The van der Waals surface area contributed by atoms with Crippen LogP contribution in [-0.4, -0.2) is 11.2 Å². The van der Waals surface area contributed by atoms with Crippen molar-refractivity contribution >= 4 is 0 Å². The molecular weight excluding hydrogens is 281 g/mol. The summed E-state index contributed by atoms with van der Waals surface area (Å²) in [7, 11) is 0. The molecule has 1 aliphatic heterocycles. The Kier molecular flexibility index (Phi) is 3.37. The molecule has 2 unspecified atom stereocenters. The molecule has 0 spiro atoms. The molecule has 1 heterocycles. The Morgan fingerprint density at radius 1 is 1.10 bits per heavy atom. The number of alkyl halides is 3. The van der Waals surface area contributed by atoms with E-state index in [1.54, 1.807) is 6.07 Å². The zero-order chi connectivity index (χ0) is 15.0. The first-order chi connectivity index (χ1) is 9.95. The normalized spacial score (nSPS) is 19.0. The molecule has 2 atom stereocenters. The number of para-hydroxylation sites is 1. The van der Waals surface area contributed by atoms with Gasteiger partial charge in [-0.25, -0.2) is 0 Å². The van der Waals surface area contributed by atoms with Gasteiger partial charge in [0.15, 0.2) is 0 Å². The molecule has 1 N–H and O–H groups in total. The molecule has 0 amide bonds. The summed E-state index contributed by atoms with van der Waals surface area (Å²) in [6.45, 7) is 0. The van der Waals surface area contributed by atoms with Crippen LogP contribution in [0.4, 0.5) is 13.2 Å². The average molecular weight is 294 g/mol. The fraction of sp³-hybridized carbons (Fsp3) is 0.250. The van der Waals surface area contributed by atoms with Gasteiger partial charge in [0.05, 0.1) is 5.56 Å². The number of hydrogen-bond donors (Lipinski definition) is 1. The van der Waals surface area contributed by atoms with E-state index in [0.717, 1.165) is 17.7 Å². The zero-order valence-corrected chi connectivity index (χ0v) is 11.0. The van der Waals surface area contributed by atoms with E-state index in [2.05, 4.69) is 0 Å². The zero-order valence-electron chi connectivity index (χ0n) is 11.0. The predicted octanol–water partition coefficient (Wildman–Crippen LogP) is 3.74. The lowest BCUT2D eigenvalue weighted by Gasteiger charge is -2.19. The van der Waals surface area contributed by atoms with Gasteiger partial charge in [-0.2, -0.15) is 13.2 Å². The van der Waals surface area contributed by atoms with Crippen molar-refractivity contribution in [2.24, 2.45) is 0 Å². The highest BCUT2D eigenvalue weighted by atomic mass is 19.4. The fourth-order valence-electron chi connectivity index (χ4n) is 2.50. The van der Waals surface area contributed by atoms with Crippen molar-refractivity contribution in [2.75, 3.05) is 0 Å². The van der Waals surface area contributed by atoms with Crippen LogP contribution in [0.25, 0.3) is 0 Å². The lowest BCUT2D eigenvalue weighted by molar-refractivity contribution is -0.137. The molecule has 2 aromatic carbocycles. The Hall–Kier alpha value is -2.01. The minimum Gasteiger partial charge on any atom is -0.487 e. The smallest absolute Gasteiger partial charge is 0.416 e. The number of aliphatic hydroxyl groups excluding tert-OH is 1. The third-order valence-corrected chi connectivity index (χ3v) is 3.58. The Morgan fingerprint density at radius 2 is 1.86 bits per heavy atom. The maximum Gasteiger partial charge on any atom is 0.416 e. The number of halogens is 3. The quantitative estimate of drug-likeness (QED) is 0.914. The molecule has 5 heteroatoms. The Bertz CT molecular complexity index is 627. The van der Waals surface area contributed by atoms with Crippen molar-refractivity contribution in [3.05, 3.63) is 65.2 Å². The second-order valence-corrected chi connectivity index (χ2v) is 5.04. The first-order valence-electron chi connectivity index (χ1n) is 6.55. The summed E-state index contributed by atoms with van der Waals surface area (Å²) in [6.07, 6.45) is -5.60. The van der Waals surface area contributed by atoms with E-state index in [1.807, 2.05) is 18.2 Å². The fourth-order valence-corrected chi connectivity index (χ4v) is 2.50. The molecule has 21 heavy (non-hydrogen) atoms. The molecule has 0 fully saturated rings. The van der Waals surface area contributed by atoms with Crippen LogP contribution >= 0.6 is 0 Å². The molecule has 0 aromatic heterocycles. The predicted molar refractivity (Wildman–Crippen MR) is 71.0 cm³/mol. The molecule has 0 saturated carbocycles. The third-order valence-electron chi connectivity index (χ3n) is 3.58. The lowest BCUT2D eigenvalue weighted by atomic mass is 9.98. The van der Waals surface area contributed by atoms with Crippen LogP contribution in [0.3, 0.4) is 0 Å². The molecule has 110 valence electrons. The number of ether oxygens (including phenoxy) is 1. The summed E-state index contributed by atoms with van der Waals surface area (Å²) in [6, 6.07) is 12.1.